The van der Waals surface area contributed by atoms with Gasteiger partial charge in [-0.05, 0) is 96.6 Å². The van der Waals surface area contributed by atoms with E-state index in [9.17, 15) is 14.7 Å². The Kier molecular flexibility index (Phi) is 44.1. The lowest BCUT2D eigenvalue weighted by atomic mass is 10.00. The molecule has 6 nitrogen and oxygen atoms in total. The lowest BCUT2D eigenvalue weighted by Gasteiger charge is -2.22. The molecule has 57 heavy (non-hydrogen) atoms. The number of carbonyl (C=O) groups is 2. The quantitative estimate of drug-likeness (QED) is 0.0375. The number of hydrogen-bond donors (Lipinski definition) is 1. The van der Waals surface area contributed by atoms with Crippen LogP contribution in [0.3, 0.4) is 0 Å². The number of carbonyl (C=O) groups excluding carboxylic acids is 2. The van der Waals surface area contributed by atoms with Crippen molar-refractivity contribution in [3.63, 3.8) is 0 Å². The fourth-order valence-electron chi connectivity index (χ4n) is 7.69. The van der Waals surface area contributed by atoms with E-state index in [4.69, 9.17) is 9.47 Å². The third-order valence-corrected chi connectivity index (χ3v) is 11.4. The first-order chi connectivity index (χ1) is 28.0. The van der Waals surface area contributed by atoms with Gasteiger partial charge >= 0.3 is 11.9 Å². The third kappa shape index (κ3) is 40.9. The summed E-state index contributed by atoms with van der Waals surface area (Å²) in [4.78, 5) is 27.6. The summed E-state index contributed by atoms with van der Waals surface area (Å²) in [5.41, 5.74) is 2.58. The first-order valence-corrected chi connectivity index (χ1v) is 25.1. The van der Waals surface area contributed by atoms with E-state index < -0.39 is 0 Å². The van der Waals surface area contributed by atoms with E-state index in [0.717, 1.165) is 77.4 Å². The molecule has 0 aromatic rings. The highest BCUT2D eigenvalue weighted by Crippen LogP contribution is 2.20. The van der Waals surface area contributed by atoms with Crippen LogP contribution < -0.4 is 0 Å². The molecule has 0 aliphatic carbocycles. The maximum Gasteiger partial charge on any atom is 0.330 e. The average molecular weight is 804 g/mol. The summed E-state index contributed by atoms with van der Waals surface area (Å²) in [6.45, 7) is 13.5. The summed E-state index contributed by atoms with van der Waals surface area (Å²) in [6.07, 6.45) is 45.1. The van der Waals surface area contributed by atoms with E-state index >= 15 is 0 Å². The molecule has 0 aromatic heterocycles. The van der Waals surface area contributed by atoms with Crippen molar-refractivity contribution in [2.75, 3.05) is 39.5 Å². The Labute approximate surface area is 355 Å². The lowest BCUT2D eigenvalue weighted by Crippen LogP contribution is -2.27. The molecule has 0 fully saturated rings. The van der Waals surface area contributed by atoms with Gasteiger partial charge in [0.25, 0.3) is 0 Å². The minimum Gasteiger partial charge on any atom is -0.463 e. The van der Waals surface area contributed by atoms with E-state index in [1.807, 2.05) is 12.2 Å². The predicted octanol–water partition coefficient (Wildman–Crippen LogP) is 15.0. The van der Waals surface area contributed by atoms with E-state index in [-0.39, 0.29) is 18.5 Å². The van der Waals surface area contributed by atoms with Crippen LogP contribution in [0.2, 0.25) is 0 Å². The molecule has 0 amide bonds. The Balaban J connectivity index is 4.12. The maximum atomic E-state index is 12.5. The Bertz CT molecular complexity index is 861. The molecule has 1 N–H and O–H groups in total. The molecule has 0 bridgehead atoms. The Morgan fingerprint density at radius 3 is 1.04 bits per heavy atom. The van der Waals surface area contributed by atoms with Crippen LogP contribution in [-0.2, 0) is 19.1 Å². The number of esters is 2. The third-order valence-electron chi connectivity index (χ3n) is 11.4. The van der Waals surface area contributed by atoms with Crippen LogP contribution in [0.4, 0.5) is 0 Å². The second kappa shape index (κ2) is 45.4. The van der Waals surface area contributed by atoms with E-state index in [0.29, 0.717) is 13.2 Å². The summed E-state index contributed by atoms with van der Waals surface area (Å²) in [7, 11) is 0. The van der Waals surface area contributed by atoms with Crippen LogP contribution >= 0.6 is 0 Å². The smallest absolute Gasteiger partial charge is 0.330 e. The maximum absolute atomic E-state index is 12.5. The zero-order valence-electron chi connectivity index (χ0n) is 38.7. The summed E-state index contributed by atoms with van der Waals surface area (Å²) >= 11 is 0. The van der Waals surface area contributed by atoms with Gasteiger partial charge in [-0.25, -0.2) is 9.59 Å². The molecule has 0 rings (SSSR count). The first-order valence-electron chi connectivity index (χ1n) is 25.1. The molecular formula is C51H97NO5. The van der Waals surface area contributed by atoms with E-state index in [2.05, 4.69) is 32.6 Å². The lowest BCUT2D eigenvalue weighted by molar-refractivity contribution is -0.138. The van der Waals surface area contributed by atoms with Crippen molar-refractivity contribution < 1.29 is 24.2 Å². The van der Waals surface area contributed by atoms with Gasteiger partial charge in [0.05, 0.1) is 13.2 Å². The average Bonchev–Trinajstić information content (AvgIpc) is 3.20. The molecule has 0 radical (unpaired) electrons. The molecule has 336 valence electrons. The molecule has 0 aliphatic heterocycles. The minimum absolute atomic E-state index is 0.137. The zero-order chi connectivity index (χ0) is 41.7. The number of unbranched alkanes of at least 4 members (excludes halogenated alkanes) is 24. The van der Waals surface area contributed by atoms with Crippen molar-refractivity contribution in [1.29, 1.82) is 0 Å². The number of aliphatic hydroxyl groups is 1. The second-order valence-electron chi connectivity index (χ2n) is 17.1. The van der Waals surface area contributed by atoms with Gasteiger partial charge in [0.1, 0.15) is 0 Å². The highest BCUT2D eigenvalue weighted by Gasteiger charge is 2.08. The van der Waals surface area contributed by atoms with E-state index in [1.54, 1.807) is 0 Å². The molecule has 6 heteroatoms. The molecule has 0 atom stereocenters. The highest BCUT2D eigenvalue weighted by molar-refractivity contribution is 5.83. The minimum atomic E-state index is -0.137. The summed E-state index contributed by atoms with van der Waals surface area (Å²) in [5.74, 6) is -0.275. The Hall–Kier alpha value is -1.66. The molecule has 0 aromatic carbocycles. The van der Waals surface area contributed by atoms with Crippen molar-refractivity contribution in [3.8, 4) is 0 Å². The van der Waals surface area contributed by atoms with Crippen molar-refractivity contribution in [1.82, 2.24) is 4.90 Å². The summed E-state index contributed by atoms with van der Waals surface area (Å²) in [5, 5.41) is 9.42. The van der Waals surface area contributed by atoms with Gasteiger partial charge in [0.15, 0.2) is 0 Å². The number of ether oxygens (including phenoxy) is 2. The molecular weight excluding hydrogens is 707 g/mol. The number of rotatable bonds is 45. The van der Waals surface area contributed by atoms with Crippen molar-refractivity contribution in [3.05, 3.63) is 23.3 Å². The molecule has 0 saturated heterocycles. The number of nitrogens with zero attached hydrogens (tertiary/aromatic N) is 1. The predicted molar refractivity (Wildman–Crippen MR) is 246 cm³/mol. The van der Waals surface area contributed by atoms with Gasteiger partial charge < -0.3 is 19.5 Å². The van der Waals surface area contributed by atoms with Crippen LogP contribution in [0.25, 0.3) is 0 Å². The number of allylic oxidation sites excluding steroid dienone is 2. The van der Waals surface area contributed by atoms with Crippen LogP contribution in [0, 0.1) is 0 Å². The standard InChI is InChI=1S/C51H97NO5/c1-5-9-13-15-21-29-38-48(36-27-11-7-3)46-50(54)56-44-33-25-19-17-23-31-40-52(42-35-43-53)41-32-24-18-20-26-34-45-57-51(55)47-49(37-28-12-8-4)39-30-22-16-14-10-6-2/h46-47,53H,5-45H2,1-4H3/b48-46-,49-47+. The Morgan fingerprint density at radius 1 is 0.386 bits per heavy atom. The van der Waals surface area contributed by atoms with Gasteiger partial charge in [-0.3, -0.25) is 0 Å². The largest absolute Gasteiger partial charge is 0.463 e. The fourth-order valence-corrected chi connectivity index (χ4v) is 7.69. The van der Waals surface area contributed by atoms with Crippen LogP contribution in [0.5, 0.6) is 0 Å². The van der Waals surface area contributed by atoms with Gasteiger partial charge in [0, 0.05) is 25.3 Å². The van der Waals surface area contributed by atoms with Crippen LogP contribution in [0.15, 0.2) is 23.3 Å². The van der Waals surface area contributed by atoms with Crippen molar-refractivity contribution >= 4 is 11.9 Å². The molecule has 0 unspecified atom stereocenters. The van der Waals surface area contributed by atoms with E-state index in [1.165, 1.54) is 178 Å². The SMILES string of the molecule is CCCCCCCC/C(=C\C(=O)OCCCCCCCCN(CCCO)CCCCCCCCOC(=O)/C=C(\CCCCC)CCCCCCCC)CCCCC. The monoisotopic (exact) mass is 804 g/mol. The fraction of sp³-hybridized carbons (Fsp3) is 0.882. The molecule has 0 saturated carbocycles. The number of hydrogen-bond acceptors (Lipinski definition) is 6. The summed E-state index contributed by atoms with van der Waals surface area (Å²) < 4.78 is 11.2. The number of aliphatic hydroxyl groups excluding tert-OH is 1. The molecule has 0 heterocycles. The highest BCUT2D eigenvalue weighted by atomic mass is 16.5. The van der Waals surface area contributed by atoms with Gasteiger partial charge in [0.2, 0.25) is 0 Å². The van der Waals surface area contributed by atoms with Gasteiger partial charge in [-0.15, -0.1) is 0 Å². The van der Waals surface area contributed by atoms with Gasteiger partial charge in [-0.2, -0.15) is 0 Å². The van der Waals surface area contributed by atoms with Crippen LogP contribution in [0.1, 0.15) is 252 Å². The van der Waals surface area contributed by atoms with Crippen LogP contribution in [-0.4, -0.2) is 61.4 Å². The summed E-state index contributed by atoms with van der Waals surface area (Å²) in [6, 6.07) is 0. The van der Waals surface area contributed by atoms with Gasteiger partial charge in [-0.1, -0.05) is 180 Å². The topological polar surface area (TPSA) is 76.1 Å². The second-order valence-corrected chi connectivity index (χ2v) is 17.1. The van der Waals surface area contributed by atoms with Crippen molar-refractivity contribution in [2.24, 2.45) is 0 Å². The Morgan fingerprint density at radius 2 is 0.667 bits per heavy atom. The normalized spacial score (nSPS) is 12.2. The van der Waals surface area contributed by atoms with Crippen molar-refractivity contribution in [2.45, 2.75) is 252 Å². The first kappa shape index (κ1) is 55.3. The molecule has 0 aliphatic rings. The zero-order valence-corrected chi connectivity index (χ0v) is 38.7. The molecule has 0 spiro atoms.